The summed E-state index contributed by atoms with van der Waals surface area (Å²) in [5.41, 5.74) is -0.159. The first-order valence-electron chi connectivity index (χ1n) is 5.62. The molecule has 2 aromatic carbocycles. The van der Waals surface area contributed by atoms with Gasteiger partial charge in [0.1, 0.15) is 5.75 Å². The Morgan fingerprint density at radius 2 is 1.90 bits per heavy atom. The van der Waals surface area contributed by atoms with Crippen LogP contribution < -0.4 is 5.32 Å². The summed E-state index contributed by atoms with van der Waals surface area (Å²) >= 11 is 11.7. The highest BCUT2D eigenvalue weighted by molar-refractivity contribution is 6.35. The largest absolute Gasteiger partial charge is 0.507 e. The van der Waals surface area contributed by atoms with Crippen molar-refractivity contribution in [2.45, 2.75) is 0 Å². The third kappa shape index (κ3) is 3.42. The molecule has 0 saturated carbocycles. The van der Waals surface area contributed by atoms with E-state index in [4.69, 9.17) is 23.2 Å². The summed E-state index contributed by atoms with van der Waals surface area (Å²) in [7, 11) is 0. The number of nitro groups is 1. The van der Waals surface area contributed by atoms with Gasteiger partial charge in [-0.05, 0) is 24.3 Å². The van der Waals surface area contributed by atoms with Crippen LogP contribution in [0.25, 0.3) is 0 Å². The predicted molar refractivity (Wildman–Crippen MR) is 79.2 cm³/mol. The number of phenols is 1. The van der Waals surface area contributed by atoms with Gasteiger partial charge < -0.3 is 10.4 Å². The third-order valence-electron chi connectivity index (χ3n) is 2.61. The Hall–Kier alpha value is -2.31. The number of anilines is 1. The van der Waals surface area contributed by atoms with E-state index in [1.807, 2.05) is 0 Å². The third-order valence-corrected chi connectivity index (χ3v) is 3.18. The van der Waals surface area contributed by atoms with Crippen molar-refractivity contribution in [1.82, 2.24) is 0 Å². The Morgan fingerprint density at radius 3 is 2.52 bits per heavy atom. The number of benzene rings is 2. The molecular weight excluding hydrogens is 319 g/mol. The van der Waals surface area contributed by atoms with Crippen molar-refractivity contribution < 1.29 is 14.8 Å². The molecule has 0 aromatic heterocycles. The van der Waals surface area contributed by atoms with Gasteiger partial charge in [-0.25, -0.2) is 0 Å². The van der Waals surface area contributed by atoms with Crippen molar-refractivity contribution in [1.29, 1.82) is 0 Å². The lowest BCUT2D eigenvalue weighted by molar-refractivity contribution is -0.384. The number of hydrogen-bond acceptors (Lipinski definition) is 4. The van der Waals surface area contributed by atoms with E-state index in [1.165, 1.54) is 12.1 Å². The molecule has 6 nitrogen and oxygen atoms in total. The van der Waals surface area contributed by atoms with Gasteiger partial charge in [0.05, 0.1) is 27.3 Å². The molecule has 1 amide bonds. The molecule has 0 atom stereocenters. The molecular formula is C13H8Cl2N2O4. The minimum Gasteiger partial charge on any atom is -0.507 e. The second kappa shape index (κ2) is 5.99. The maximum Gasteiger partial charge on any atom is 0.273 e. The SMILES string of the molecule is O=C(Nc1cc(Cl)ccc1Cl)c1ccc([N+](=O)[O-])cc1O. The zero-order valence-electron chi connectivity index (χ0n) is 10.3. The first-order chi connectivity index (χ1) is 9.88. The van der Waals surface area contributed by atoms with Crippen LogP contribution in [0.4, 0.5) is 11.4 Å². The molecule has 0 unspecified atom stereocenters. The Morgan fingerprint density at radius 1 is 1.19 bits per heavy atom. The molecule has 108 valence electrons. The summed E-state index contributed by atoms with van der Waals surface area (Å²) in [6.45, 7) is 0. The highest BCUT2D eigenvalue weighted by atomic mass is 35.5. The Labute approximate surface area is 129 Å². The van der Waals surface area contributed by atoms with Gasteiger partial charge in [0.25, 0.3) is 11.6 Å². The molecule has 2 rings (SSSR count). The summed E-state index contributed by atoms with van der Waals surface area (Å²) in [6.07, 6.45) is 0. The summed E-state index contributed by atoms with van der Waals surface area (Å²) in [6, 6.07) is 7.69. The lowest BCUT2D eigenvalue weighted by atomic mass is 10.1. The van der Waals surface area contributed by atoms with Crippen molar-refractivity contribution in [2.24, 2.45) is 0 Å². The molecule has 0 fully saturated rings. The number of hydrogen-bond donors (Lipinski definition) is 2. The fourth-order valence-electron chi connectivity index (χ4n) is 1.61. The van der Waals surface area contributed by atoms with Gasteiger partial charge in [0.15, 0.2) is 0 Å². The summed E-state index contributed by atoms with van der Waals surface area (Å²) in [5.74, 6) is -1.16. The molecule has 21 heavy (non-hydrogen) atoms. The predicted octanol–water partition coefficient (Wildman–Crippen LogP) is 3.86. The number of nitro benzene ring substituents is 1. The van der Waals surface area contributed by atoms with Crippen LogP contribution in [-0.2, 0) is 0 Å². The highest BCUT2D eigenvalue weighted by Crippen LogP contribution is 2.28. The smallest absolute Gasteiger partial charge is 0.273 e. The van der Waals surface area contributed by atoms with Crippen LogP contribution in [0.15, 0.2) is 36.4 Å². The van der Waals surface area contributed by atoms with E-state index in [-0.39, 0.29) is 22.0 Å². The number of carbonyl (C=O) groups is 1. The maximum absolute atomic E-state index is 12.0. The molecule has 0 aliphatic heterocycles. The Kier molecular flexibility index (Phi) is 4.30. The molecule has 8 heteroatoms. The van der Waals surface area contributed by atoms with Gasteiger partial charge in [-0.3, -0.25) is 14.9 Å². The summed E-state index contributed by atoms with van der Waals surface area (Å²) in [4.78, 5) is 21.9. The molecule has 0 bridgehead atoms. The van der Waals surface area contributed by atoms with Crippen molar-refractivity contribution >= 4 is 40.5 Å². The molecule has 0 saturated heterocycles. The van der Waals surface area contributed by atoms with Gasteiger partial charge in [-0.2, -0.15) is 0 Å². The quantitative estimate of drug-likeness (QED) is 0.661. The van der Waals surface area contributed by atoms with E-state index in [9.17, 15) is 20.0 Å². The van der Waals surface area contributed by atoms with Crippen LogP contribution in [0.2, 0.25) is 10.0 Å². The number of phenolic OH excluding ortho intramolecular Hbond substituents is 1. The van der Waals surface area contributed by atoms with E-state index >= 15 is 0 Å². The van der Waals surface area contributed by atoms with E-state index in [0.29, 0.717) is 5.02 Å². The van der Waals surface area contributed by atoms with Gasteiger partial charge in [-0.1, -0.05) is 23.2 Å². The monoisotopic (exact) mass is 326 g/mol. The zero-order chi connectivity index (χ0) is 15.6. The molecule has 0 heterocycles. The first-order valence-corrected chi connectivity index (χ1v) is 6.38. The topological polar surface area (TPSA) is 92.5 Å². The molecule has 0 spiro atoms. The number of carbonyl (C=O) groups excluding carboxylic acids is 1. The molecule has 0 aliphatic carbocycles. The lowest BCUT2D eigenvalue weighted by Crippen LogP contribution is -2.12. The average molecular weight is 327 g/mol. The van der Waals surface area contributed by atoms with Crippen molar-refractivity contribution in [3.63, 3.8) is 0 Å². The van der Waals surface area contributed by atoms with E-state index in [0.717, 1.165) is 18.2 Å². The van der Waals surface area contributed by atoms with Gasteiger partial charge in [-0.15, -0.1) is 0 Å². The lowest BCUT2D eigenvalue weighted by Gasteiger charge is -2.08. The minimum atomic E-state index is -0.671. The number of nitrogens with zero attached hydrogens (tertiary/aromatic N) is 1. The standard InChI is InChI=1S/C13H8Cl2N2O4/c14-7-1-4-10(15)11(5-7)16-13(19)9-3-2-8(17(20)21)6-12(9)18/h1-6,18H,(H,16,19). The number of aromatic hydroxyl groups is 1. The van der Waals surface area contributed by atoms with Crippen molar-refractivity contribution in [3.05, 3.63) is 62.1 Å². The van der Waals surface area contributed by atoms with Crippen molar-refractivity contribution in [3.8, 4) is 5.75 Å². The molecule has 0 aliphatic rings. The fourth-order valence-corrected chi connectivity index (χ4v) is 1.95. The van der Waals surface area contributed by atoms with E-state index in [1.54, 1.807) is 6.07 Å². The van der Waals surface area contributed by atoms with Crippen LogP contribution in [0, 0.1) is 10.1 Å². The number of non-ortho nitro benzene ring substituents is 1. The van der Waals surface area contributed by atoms with Gasteiger partial charge in [0, 0.05) is 11.1 Å². The average Bonchev–Trinajstić information content (AvgIpc) is 2.42. The summed E-state index contributed by atoms with van der Waals surface area (Å²) in [5, 5.41) is 23.4. The van der Waals surface area contributed by atoms with Crippen LogP contribution in [0.1, 0.15) is 10.4 Å². The van der Waals surface area contributed by atoms with Crippen molar-refractivity contribution in [2.75, 3.05) is 5.32 Å². The van der Waals surface area contributed by atoms with Crippen LogP contribution in [0.3, 0.4) is 0 Å². The Balaban J connectivity index is 2.28. The van der Waals surface area contributed by atoms with E-state index in [2.05, 4.69) is 5.32 Å². The number of halogens is 2. The zero-order valence-corrected chi connectivity index (χ0v) is 11.9. The van der Waals surface area contributed by atoms with Crippen LogP contribution in [0.5, 0.6) is 5.75 Å². The van der Waals surface area contributed by atoms with Crippen LogP contribution in [-0.4, -0.2) is 15.9 Å². The molecule has 2 N–H and O–H groups in total. The van der Waals surface area contributed by atoms with Gasteiger partial charge >= 0.3 is 0 Å². The van der Waals surface area contributed by atoms with Gasteiger partial charge in [0.2, 0.25) is 0 Å². The molecule has 2 aromatic rings. The minimum absolute atomic E-state index is 0.114. The molecule has 0 radical (unpaired) electrons. The highest BCUT2D eigenvalue weighted by Gasteiger charge is 2.16. The first kappa shape index (κ1) is 15.1. The number of amides is 1. The van der Waals surface area contributed by atoms with E-state index < -0.39 is 16.6 Å². The number of rotatable bonds is 3. The number of nitrogens with one attached hydrogen (secondary N) is 1. The summed E-state index contributed by atoms with van der Waals surface area (Å²) < 4.78 is 0. The second-order valence-corrected chi connectivity index (χ2v) is 4.88. The Bertz CT molecular complexity index is 734. The van der Waals surface area contributed by atoms with Crippen LogP contribution >= 0.6 is 23.2 Å². The second-order valence-electron chi connectivity index (χ2n) is 4.04. The fraction of sp³-hybridized carbons (Fsp3) is 0. The normalized spacial score (nSPS) is 10.2. The maximum atomic E-state index is 12.0.